The van der Waals surface area contributed by atoms with Crippen molar-refractivity contribution in [3.05, 3.63) is 48.0 Å². The van der Waals surface area contributed by atoms with Crippen LogP contribution in [0, 0.1) is 11.3 Å². The second kappa shape index (κ2) is 6.43. The molecule has 2 aromatic carbocycles. The molecule has 0 N–H and O–H groups in total. The van der Waals surface area contributed by atoms with Crippen LogP contribution < -0.4 is 0 Å². The number of carbonyl (C=O) groups is 1. The van der Waals surface area contributed by atoms with Crippen LogP contribution in [0.4, 0.5) is 0 Å². The van der Waals surface area contributed by atoms with E-state index in [1.807, 2.05) is 18.2 Å². The summed E-state index contributed by atoms with van der Waals surface area (Å²) in [7, 11) is 0. The first kappa shape index (κ1) is 15.8. The Morgan fingerprint density at radius 3 is 2.43 bits per heavy atom. The molecule has 0 heterocycles. The third kappa shape index (κ3) is 4.70. The Morgan fingerprint density at radius 2 is 1.71 bits per heavy atom. The van der Waals surface area contributed by atoms with Crippen LogP contribution in [-0.4, -0.2) is 5.78 Å². The maximum atomic E-state index is 12.4. The zero-order valence-electron chi connectivity index (χ0n) is 13.6. The van der Waals surface area contributed by atoms with Crippen LogP contribution in [0.15, 0.2) is 42.5 Å². The van der Waals surface area contributed by atoms with Crippen molar-refractivity contribution < 1.29 is 4.79 Å². The van der Waals surface area contributed by atoms with Gasteiger partial charge < -0.3 is 0 Å². The average Bonchev–Trinajstić information content (AvgIpc) is 2.36. The molecular formula is C20H26O. The lowest BCUT2D eigenvalue weighted by molar-refractivity contribution is -0.119. The van der Waals surface area contributed by atoms with Gasteiger partial charge in [0.1, 0.15) is 5.78 Å². The van der Waals surface area contributed by atoms with Gasteiger partial charge in [-0.2, -0.15) is 0 Å². The summed E-state index contributed by atoms with van der Waals surface area (Å²) in [6.45, 7) is 8.89. The summed E-state index contributed by atoms with van der Waals surface area (Å²) in [5, 5.41) is 2.42. The van der Waals surface area contributed by atoms with Gasteiger partial charge in [-0.05, 0) is 34.1 Å². The van der Waals surface area contributed by atoms with Crippen molar-refractivity contribution in [1.82, 2.24) is 0 Å². The molecule has 1 atom stereocenters. The Bertz CT molecular complexity index is 614. The highest BCUT2D eigenvalue weighted by molar-refractivity contribution is 5.90. The molecule has 0 spiro atoms. The van der Waals surface area contributed by atoms with Crippen LogP contribution in [0.2, 0.25) is 0 Å². The summed E-state index contributed by atoms with van der Waals surface area (Å²) in [6.07, 6.45) is 2.32. The number of ketones is 1. The summed E-state index contributed by atoms with van der Waals surface area (Å²) in [4.78, 5) is 12.4. The number of benzene rings is 2. The van der Waals surface area contributed by atoms with Crippen molar-refractivity contribution in [3.8, 4) is 0 Å². The molecule has 0 bridgehead atoms. The van der Waals surface area contributed by atoms with Gasteiger partial charge >= 0.3 is 0 Å². The van der Waals surface area contributed by atoms with Gasteiger partial charge in [-0.3, -0.25) is 4.79 Å². The molecule has 1 unspecified atom stereocenters. The summed E-state index contributed by atoms with van der Waals surface area (Å²) in [6, 6.07) is 14.5. The van der Waals surface area contributed by atoms with E-state index in [1.165, 1.54) is 10.8 Å². The van der Waals surface area contributed by atoms with E-state index in [9.17, 15) is 4.79 Å². The zero-order valence-corrected chi connectivity index (χ0v) is 13.6. The van der Waals surface area contributed by atoms with Gasteiger partial charge in [0.05, 0.1) is 0 Å². The van der Waals surface area contributed by atoms with Gasteiger partial charge in [-0.25, -0.2) is 0 Å². The Kier molecular flexibility index (Phi) is 4.82. The van der Waals surface area contributed by atoms with Crippen LogP contribution in [0.5, 0.6) is 0 Å². The fourth-order valence-electron chi connectivity index (χ4n) is 3.24. The molecule has 0 aromatic heterocycles. The van der Waals surface area contributed by atoms with Gasteiger partial charge in [0.15, 0.2) is 0 Å². The van der Waals surface area contributed by atoms with Crippen molar-refractivity contribution in [2.45, 2.75) is 47.0 Å². The lowest BCUT2D eigenvalue weighted by Crippen LogP contribution is -2.15. The first-order valence-electron chi connectivity index (χ1n) is 7.83. The molecule has 0 aliphatic heterocycles. The normalized spacial score (nSPS) is 13.3. The van der Waals surface area contributed by atoms with E-state index in [2.05, 4.69) is 52.0 Å². The lowest BCUT2D eigenvalue weighted by Gasteiger charge is -2.22. The van der Waals surface area contributed by atoms with Gasteiger partial charge in [0.2, 0.25) is 0 Å². The van der Waals surface area contributed by atoms with E-state index in [4.69, 9.17) is 0 Å². The second-order valence-electron chi connectivity index (χ2n) is 7.43. The van der Waals surface area contributed by atoms with Crippen molar-refractivity contribution in [1.29, 1.82) is 0 Å². The van der Waals surface area contributed by atoms with Crippen LogP contribution >= 0.6 is 0 Å². The summed E-state index contributed by atoms with van der Waals surface area (Å²) >= 11 is 0. The van der Waals surface area contributed by atoms with Crippen LogP contribution in [-0.2, 0) is 11.2 Å². The number of Topliss-reactive ketones (excluding diaryl/α,β-unsaturated/α-hetero) is 1. The van der Waals surface area contributed by atoms with E-state index < -0.39 is 0 Å². The molecule has 2 rings (SSSR count). The molecule has 0 saturated heterocycles. The zero-order chi connectivity index (χ0) is 15.5. The van der Waals surface area contributed by atoms with Crippen molar-refractivity contribution in [2.75, 3.05) is 0 Å². The van der Waals surface area contributed by atoms with Gasteiger partial charge in [0.25, 0.3) is 0 Å². The highest BCUT2D eigenvalue weighted by Gasteiger charge is 2.18. The minimum absolute atomic E-state index is 0.291. The Morgan fingerprint density at radius 1 is 1.05 bits per heavy atom. The molecule has 0 saturated carbocycles. The molecule has 112 valence electrons. The van der Waals surface area contributed by atoms with E-state index in [0.29, 0.717) is 30.0 Å². The predicted molar refractivity (Wildman–Crippen MR) is 90.5 cm³/mol. The third-order valence-corrected chi connectivity index (χ3v) is 3.80. The second-order valence-corrected chi connectivity index (χ2v) is 7.43. The minimum atomic E-state index is 0.291. The third-order valence-electron chi connectivity index (χ3n) is 3.80. The quantitative estimate of drug-likeness (QED) is 0.716. The molecule has 0 fully saturated rings. The number of hydrogen-bond donors (Lipinski definition) is 0. The Hall–Kier alpha value is -1.63. The maximum Gasteiger partial charge on any atom is 0.137 e. The lowest BCUT2D eigenvalue weighted by atomic mass is 9.83. The number of hydrogen-bond acceptors (Lipinski definition) is 1. The summed E-state index contributed by atoms with van der Waals surface area (Å²) in [5.41, 5.74) is 1.44. The fraction of sp³-hybridized carbons (Fsp3) is 0.450. The molecule has 1 heteroatoms. The molecule has 0 aliphatic rings. The molecule has 1 nitrogen and oxygen atoms in total. The number of carbonyl (C=O) groups excluding carboxylic acids is 1. The van der Waals surface area contributed by atoms with Crippen LogP contribution in [0.25, 0.3) is 10.8 Å². The maximum absolute atomic E-state index is 12.4. The molecule has 0 radical (unpaired) electrons. The predicted octanol–water partition coefficient (Wildman–Crippen LogP) is 5.41. The van der Waals surface area contributed by atoms with Crippen LogP contribution in [0.1, 0.15) is 46.1 Å². The summed E-state index contributed by atoms with van der Waals surface area (Å²) < 4.78 is 0. The monoisotopic (exact) mass is 282 g/mol. The minimum Gasteiger partial charge on any atom is -0.299 e. The number of rotatable bonds is 5. The smallest absolute Gasteiger partial charge is 0.137 e. The molecule has 0 aliphatic carbocycles. The molecule has 0 amide bonds. The SMILES string of the molecule is CC(CC(=O)Cc1cccc2ccccc12)CC(C)(C)C. The first-order valence-corrected chi connectivity index (χ1v) is 7.83. The highest BCUT2D eigenvalue weighted by Crippen LogP contribution is 2.27. The van der Waals surface area contributed by atoms with E-state index >= 15 is 0 Å². The van der Waals surface area contributed by atoms with E-state index in [0.717, 1.165) is 12.0 Å². The van der Waals surface area contributed by atoms with Gasteiger partial charge in [0, 0.05) is 12.8 Å². The number of fused-ring (bicyclic) bond motifs is 1. The van der Waals surface area contributed by atoms with E-state index in [1.54, 1.807) is 0 Å². The molecular weight excluding hydrogens is 256 g/mol. The van der Waals surface area contributed by atoms with Crippen molar-refractivity contribution >= 4 is 16.6 Å². The fourth-order valence-corrected chi connectivity index (χ4v) is 3.24. The van der Waals surface area contributed by atoms with Gasteiger partial charge in [-0.1, -0.05) is 70.2 Å². The molecule has 2 aromatic rings. The topological polar surface area (TPSA) is 17.1 Å². The Labute approximate surface area is 128 Å². The van der Waals surface area contributed by atoms with Crippen molar-refractivity contribution in [3.63, 3.8) is 0 Å². The Balaban J connectivity index is 2.05. The highest BCUT2D eigenvalue weighted by atomic mass is 16.1. The molecule has 21 heavy (non-hydrogen) atoms. The van der Waals surface area contributed by atoms with E-state index in [-0.39, 0.29) is 0 Å². The standard InChI is InChI=1S/C20H26O/c1-15(14-20(2,3)4)12-18(21)13-17-10-7-9-16-8-5-6-11-19(16)17/h5-11,15H,12-14H2,1-4H3. The van der Waals surface area contributed by atoms with Gasteiger partial charge in [-0.15, -0.1) is 0 Å². The first-order chi connectivity index (χ1) is 9.85. The largest absolute Gasteiger partial charge is 0.299 e. The summed E-state index contributed by atoms with van der Waals surface area (Å²) in [5.74, 6) is 0.801. The average molecular weight is 282 g/mol. The van der Waals surface area contributed by atoms with Crippen LogP contribution in [0.3, 0.4) is 0 Å². The van der Waals surface area contributed by atoms with Crippen molar-refractivity contribution in [2.24, 2.45) is 11.3 Å².